The van der Waals surface area contributed by atoms with Gasteiger partial charge in [-0.1, -0.05) is 18.2 Å². The van der Waals surface area contributed by atoms with Gasteiger partial charge in [0.15, 0.2) is 0 Å². The Bertz CT molecular complexity index is 451. The molecule has 1 N–H and O–H groups in total. The predicted octanol–water partition coefficient (Wildman–Crippen LogP) is 1.49. The number of ether oxygens (including phenoxy) is 1. The summed E-state index contributed by atoms with van der Waals surface area (Å²) in [6.07, 6.45) is 1.49. The van der Waals surface area contributed by atoms with Crippen molar-refractivity contribution in [3.63, 3.8) is 0 Å². The Hall–Kier alpha value is -1.10. The van der Waals surface area contributed by atoms with Crippen molar-refractivity contribution in [3.05, 3.63) is 29.8 Å². The number of anilines is 1. The number of likely N-dealkylation sites (N-methyl/N-ethyl adjacent to an activating group) is 1. The highest BCUT2D eigenvalue weighted by atomic mass is 16.5. The number of rotatable bonds is 3. The highest BCUT2D eigenvalue weighted by Gasteiger charge is 2.27. The van der Waals surface area contributed by atoms with E-state index in [1.807, 2.05) is 0 Å². The zero-order valence-corrected chi connectivity index (χ0v) is 12.5. The maximum absolute atomic E-state index is 5.92. The summed E-state index contributed by atoms with van der Waals surface area (Å²) in [6, 6.07) is 9.24. The smallest absolute Gasteiger partial charge is 0.0876 e. The molecule has 20 heavy (non-hydrogen) atoms. The number of nitrogens with zero attached hydrogens (tertiary/aromatic N) is 2. The minimum absolute atomic E-state index is 0.327. The average molecular weight is 275 g/mol. The van der Waals surface area contributed by atoms with Gasteiger partial charge in [-0.2, -0.15) is 0 Å². The molecule has 3 rings (SSSR count). The second-order valence-corrected chi connectivity index (χ2v) is 5.89. The summed E-state index contributed by atoms with van der Waals surface area (Å²) in [5.41, 5.74) is 2.79. The molecule has 4 heteroatoms. The van der Waals surface area contributed by atoms with Gasteiger partial charge in [0.05, 0.1) is 12.7 Å². The average Bonchev–Trinajstić information content (AvgIpc) is 2.48. The molecule has 2 aliphatic heterocycles. The van der Waals surface area contributed by atoms with E-state index in [0.29, 0.717) is 12.1 Å². The van der Waals surface area contributed by atoms with Crippen LogP contribution in [0.3, 0.4) is 0 Å². The van der Waals surface area contributed by atoms with Gasteiger partial charge in [0.1, 0.15) is 0 Å². The van der Waals surface area contributed by atoms with E-state index in [0.717, 1.165) is 39.2 Å². The van der Waals surface area contributed by atoms with Crippen molar-refractivity contribution in [2.24, 2.45) is 0 Å². The van der Waals surface area contributed by atoms with Crippen molar-refractivity contribution in [1.29, 1.82) is 0 Å². The van der Waals surface area contributed by atoms with E-state index in [1.165, 1.54) is 11.3 Å². The third-order valence-corrected chi connectivity index (χ3v) is 4.45. The van der Waals surface area contributed by atoms with Crippen LogP contribution >= 0.6 is 0 Å². The normalized spacial score (nSPS) is 27.4. The van der Waals surface area contributed by atoms with Crippen LogP contribution in [-0.2, 0) is 4.74 Å². The maximum Gasteiger partial charge on any atom is 0.0876 e. The van der Waals surface area contributed by atoms with Crippen molar-refractivity contribution in [2.75, 3.05) is 51.8 Å². The molecule has 0 aromatic heterocycles. The molecule has 1 fully saturated rings. The fourth-order valence-corrected chi connectivity index (χ4v) is 3.34. The van der Waals surface area contributed by atoms with Gasteiger partial charge >= 0.3 is 0 Å². The lowest BCUT2D eigenvalue weighted by Gasteiger charge is -2.39. The van der Waals surface area contributed by atoms with Crippen LogP contribution in [0.4, 0.5) is 5.69 Å². The van der Waals surface area contributed by atoms with Crippen molar-refractivity contribution in [2.45, 2.75) is 18.6 Å². The van der Waals surface area contributed by atoms with Gasteiger partial charge in [0, 0.05) is 37.9 Å². The number of para-hydroxylation sites is 1. The first-order chi connectivity index (χ1) is 9.78. The number of benzene rings is 1. The minimum Gasteiger partial charge on any atom is -0.374 e. The summed E-state index contributed by atoms with van der Waals surface area (Å²) >= 11 is 0. The van der Waals surface area contributed by atoms with Gasteiger partial charge in [0.25, 0.3) is 0 Å². The van der Waals surface area contributed by atoms with E-state index >= 15 is 0 Å². The molecule has 0 spiro atoms. The Balaban J connectivity index is 1.74. The molecule has 0 radical (unpaired) electrons. The van der Waals surface area contributed by atoms with E-state index in [9.17, 15) is 0 Å². The van der Waals surface area contributed by atoms with Crippen molar-refractivity contribution >= 4 is 5.69 Å². The summed E-state index contributed by atoms with van der Waals surface area (Å²) in [5, 5.41) is 3.43. The monoisotopic (exact) mass is 275 g/mol. The van der Waals surface area contributed by atoms with Crippen LogP contribution < -0.4 is 10.2 Å². The summed E-state index contributed by atoms with van der Waals surface area (Å²) in [4.78, 5) is 4.85. The lowest BCUT2D eigenvalue weighted by molar-refractivity contribution is -0.0149. The molecule has 0 bridgehead atoms. The number of hydrogen-bond acceptors (Lipinski definition) is 4. The zero-order chi connectivity index (χ0) is 13.9. The molecule has 0 aliphatic carbocycles. The van der Waals surface area contributed by atoms with Crippen LogP contribution in [0.1, 0.15) is 18.0 Å². The highest BCUT2D eigenvalue weighted by Crippen LogP contribution is 2.33. The SMILES string of the molecule is CNC1CCN(CC2CN(C)CCO2)c2ccccc21. The lowest BCUT2D eigenvalue weighted by atomic mass is 9.96. The van der Waals surface area contributed by atoms with Gasteiger partial charge in [-0.3, -0.25) is 0 Å². The van der Waals surface area contributed by atoms with Crippen molar-refractivity contribution in [3.8, 4) is 0 Å². The van der Waals surface area contributed by atoms with Crippen LogP contribution in [0.15, 0.2) is 24.3 Å². The lowest BCUT2D eigenvalue weighted by Crippen LogP contribution is -2.47. The Morgan fingerprint density at radius 2 is 2.15 bits per heavy atom. The first-order valence-corrected chi connectivity index (χ1v) is 7.59. The molecule has 4 nitrogen and oxygen atoms in total. The standard InChI is InChI=1S/C16H25N3O/c1-17-15-7-8-19(16-6-4-3-5-14(15)16)12-13-11-18(2)9-10-20-13/h3-6,13,15,17H,7-12H2,1-2H3. The molecular weight excluding hydrogens is 250 g/mol. The van der Waals surface area contributed by atoms with Crippen LogP contribution in [0.25, 0.3) is 0 Å². The number of morpholine rings is 1. The highest BCUT2D eigenvalue weighted by molar-refractivity contribution is 5.57. The van der Waals surface area contributed by atoms with Crippen LogP contribution in [-0.4, -0.2) is 57.9 Å². The fourth-order valence-electron chi connectivity index (χ4n) is 3.34. The molecule has 2 atom stereocenters. The third-order valence-electron chi connectivity index (χ3n) is 4.45. The van der Waals surface area contributed by atoms with Crippen LogP contribution in [0.5, 0.6) is 0 Å². The van der Waals surface area contributed by atoms with Crippen molar-refractivity contribution in [1.82, 2.24) is 10.2 Å². The molecule has 1 saturated heterocycles. The number of fused-ring (bicyclic) bond motifs is 1. The predicted molar refractivity (Wildman–Crippen MR) is 82.3 cm³/mol. The largest absolute Gasteiger partial charge is 0.374 e. The molecule has 1 aromatic rings. The summed E-state index contributed by atoms with van der Waals surface area (Å²) in [7, 11) is 4.23. The van der Waals surface area contributed by atoms with E-state index in [-0.39, 0.29) is 0 Å². The molecule has 0 amide bonds. The summed E-state index contributed by atoms with van der Waals surface area (Å²) in [6.45, 7) is 5.04. The van der Waals surface area contributed by atoms with Gasteiger partial charge in [0.2, 0.25) is 0 Å². The van der Waals surface area contributed by atoms with Gasteiger partial charge in [-0.05, 0) is 32.1 Å². The minimum atomic E-state index is 0.327. The first kappa shape index (κ1) is 13.9. The fraction of sp³-hybridized carbons (Fsp3) is 0.625. The van der Waals surface area contributed by atoms with Crippen molar-refractivity contribution < 1.29 is 4.74 Å². The molecular formula is C16H25N3O. The Morgan fingerprint density at radius 1 is 1.30 bits per heavy atom. The zero-order valence-electron chi connectivity index (χ0n) is 12.5. The van der Waals surface area contributed by atoms with Gasteiger partial charge < -0.3 is 19.9 Å². The van der Waals surface area contributed by atoms with E-state index in [4.69, 9.17) is 4.74 Å². The number of hydrogen-bond donors (Lipinski definition) is 1. The maximum atomic E-state index is 5.92. The Morgan fingerprint density at radius 3 is 2.95 bits per heavy atom. The molecule has 2 heterocycles. The third kappa shape index (κ3) is 2.82. The summed E-state index contributed by atoms with van der Waals surface area (Å²) < 4.78 is 5.92. The Kier molecular flexibility index (Phi) is 4.24. The Labute approximate surface area is 121 Å². The quantitative estimate of drug-likeness (QED) is 0.904. The van der Waals surface area contributed by atoms with Crippen LogP contribution in [0.2, 0.25) is 0 Å². The van der Waals surface area contributed by atoms with Gasteiger partial charge in [-0.15, -0.1) is 0 Å². The van der Waals surface area contributed by atoms with E-state index in [2.05, 4.69) is 53.5 Å². The molecule has 2 unspecified atom stereocenters. The second kappa shape index (κ2) is 6.12. The topological polar surface area (TPSA) is 27.7 Å². The molecule has 2 aliphatic rings. The molecule has 0 saturated carbocycles. The van der Waals surface area contributed by atoms with Gasteiger partial charge in [-0.25, -0.2) is 0 Å². The summed E-state index contributed by atoms with van der Waals surface area (Å²) in [5.74, 6) is 0. The first-order valence-electron chi connectivity index (χ1n) is 7.59. The van der Waals surface area contributed by atoms with E-state index < -0.39 is 0 Å². The second-order valence-electron chi connectivity index (χ2n) is 5.89. The molecule has 110 valence electrons. The van der Waals surface area contributed by atoms with Crippen LogP contribution in [0, 0.1) is 0 Å². The number of nitrogens with one attached hydrogen (secondary N) is 1. The van der Waals surface area contributed by atoms with E-state index in [1.54, 1.807) is 0 Å². The molecule has 1 aromatic carbocycles.